The standard InChI is InChI=1S/C25H34O2/c1-3-20(2)22-14-16-24(17-15-22)27-25(23-12-8-5-9-13-23)26-19-18-21-10-6-4-7-11-21/h5,8-9,12-17,20-21,25H,3-4,6-7,10-11,18-19H2,1-2H3. The van der Waals surface area contributed by atoms with E-state index in [2.05, 4.69) is 50.2 Å². The van der Waals surface area contributed by atoms with E-state index in [1.807, 2.05) is 18.2 Å². The van der Waals surface area contributed by atoms with E-state index in [9.17, 15) is 0 Å². The average molecular weight is 367 g/mol. The van der Waals surface area contributed by atoms with Crippen molar-refractivity contribution in [3.05, 3.63) is 65.7 Å². The smallest absolute Gasteiger partial charge is 0.226 e. The third-order valence-corrected chi connectivity index (χ3v) is 5.90. The Labute approximate surface area is 164 Å². The quantitative estimate of drug-likeness (QED) is 0.435. The summed E-state index contributed by atoms with van der Waals surface area (Å²) in [5.41, 5.74) is 2.44. The molecule has 1 fully saturated rings. The van der Waals surface area contributed by atoms with Crippen molar-refractivity contribution in [3.63, 3.8) is 0 Å². The summed E-state index contributed by atoms with van der Waals surface area (Å²) in [6.45, 7) is 5.24. The lowest BCUT2D eigenvalue weighted by molar-refractivity contribution is -0.0878. The highest BCUT2D eigenvalue weighted by Gasteiger charge is 2.17. The summed E-state index contributed by atoms with van der Waals surface area (Å²) in [4.78, 5) is 0. The minimum atomic E-state index is -0.343. The minimum Gasteiger partial charge on any atom is -0.461 e. The minimum absolute atomic E-state index is 0.343. The summed E-state index contributed by atoms with van der Waals surface area (Å²) >= 11 is 0. The fourth-order valence-electron chi connectivity index (χ4n) is 3.86. The molecule has 1 saturated carbocycles. The van der Waals surface area contributed by atoms with Crippen LogP contribution in [0.5, 0.6) is 5.75 Å². The number of rotatable bonds is 9. The summed E-state index contributed by atoms with van der Waals surface area (Å²) in [5, 5.41) is 0. The van der Waals surface area contributed by atoms with Gasteiger partial charge >= 0.3 is 0 Å². The molecule has 1 aliphatic rings. The molecule has 2 atom stereocenters. The molecular formula is C25H34O2. The number of hydrogen-bond donors (Lipinski definition) is 0. The van der Waals surface area contributed by atoms with E-state index in [4.69, 9.17) is 9.47 Å². The van der Waals surface area contributed by atoms with Crippen LogP contribution < -0.4 is 4.74 Å². The van der Waals surface area contributed by atoms with Gasteiger partial charge in [0.1, 0.15) is 5.75 Å². The summed E-state index contributed by atoms with van der Waals surface area (Å²) in [7, 11) is 0. The Bertz CT molecular complexity index is 644. The van der Waals surface area contributed by atoms with Crippen LogP contribution in [0.2, 0.25) is 0 Å². The molecule has 1 aliphatic carbocycles. The monoisotopic (exact) mass is 366 g/mol. The van der Waals surface area contributed by atoms with Crippen LogP contribution in [0.3, 0.4) is 0 Å². The first-order chi connectivity index (χ1) is 13.3. The lowest BCUT2D eigenvalue weighted by atomic mass is 9.87. The van der Waals surface area contributed by atoms with Crippen LogP contribution in [0.15, 0.2) is 54.6 Å². The van der Waals surface area contributed by atoms with Crippen molar-refractivity contribution in [2.75, 3.05) is 6.61 Å². The van der Waals surface area contributed by atoms with Crippen LogP contribution in [-0.2, 0) is 4.74 Å². The Morgan fingerprint density at radius 3 is 2.26 bits per heavy atom. The molecule has 0 radical (unpaired) electrons. The lowest BCUT2D eigenvalue weighted by Crippen LogP contribution is -2.15. The van der Waals surface area contributed by atoms with Gasteiger partial charge in [0.15, 0.2) is 0 Å². The van der Waals surface area contributed by atoms with Crippen LogP contribution in [0.25, 0.3) is 0 Å². The molecular weight excluding hydrogens is 332 g/mol. The zero-order valence-electron chi connectivity index (χ0n) is 16.9. The van der Waals surface area contributed by atoms with Crippen molar-refractivity contribution in [2.24, 2.45) is 5.92 Å². The van der Waals surface area contributed by atoms with Gasteiger partial charge in [0.05, 0.1) is 6.61 Å². The van der Waals surface area contributed by atoms with Gasteiger partial charge in [-0.2, -0.15) is 0 Å². The van der Waals surface area contributed by atoms with E-state index in [0.717, 1.165) is 36.7 Å². The largest absolute Gasteiger partial charge is 0.461 e. The molecule has 2 heteroatoms. The van der Waals surface area contributed by atoms with Crippen molar-refractivity contribution in [1.29, 1.82) is 0 Å². The van der Waals surface area contributed by atoms with Crippen molar-refractivity contribution >= 4 is 0 Å². The highest BCUT2D eigenvalue weighted by molar-refractivity contribution is 5.30. The van der Waals surface area contributed by atoms with Gasteiger partial charge in [-0.1, -0.05) is 88.4 Å². The van der Waals surface area contributed by atoms with Gasteiger partial charge in [-0.05, 0) is 42.4 Å². The molecule has 0 saturated heterocycles. The third kappa shape index (κ3) is 6.10. The highest BCUT2D eigenvalue weighted by atomic mass is 16.7. The Kier molecular flexibility index (Phi) is 7.77. The molecule has 0 N–H and O–H groups in total. The average Bonchev–Trinajstić information content (AvgIpc) is 2.74. The zero-order chi connectivity index (χ0) is 18.9. The number of benzene rings is 2. The third-order valence-electron chi connectivity index (χ3n) is 5.90. The first-order valence-electron chi connectivity index (χ1n) is 10.7. The van der Waals surface area contributed by atoms with Gasteiger partial charge < -0.3 is 9.47 Å². The maximum absolute atomic E-state index is 6.24. The first kappa shape index (κ1) is 19.9. The number of hydrogen-bond acceptors (Lipinski definition) is 2. The van der Waals surface area contributed by atoms with Crippen molar-refractivity contribution < 1.29 is 9.47 Å². The molecule has 0 bridgehead atoms. The molecule has 2 unspecified atom stereocenters. The first-order valence-corrected chi connectivity index (χ1v) is 10.7. The summed E-state index contributed by atoms with van der Waals surface area (Å²) in [6, 6.07) is 18.8. The van der Waals surface area contributed by atoms with Gasteiger partial charge in [-0.15, -0.1) is 0 Å². The highest BCUT2D eigenvalue weighted by Crippen LogP contribution is 2.29. The van der Waals surface area contributed by atoms with Gasteiger partial charge in [0.25, 0.3) is 0 Å². The SMILES string of the molecule is CCC(C)c1ccc(OC(OCCC2CCCCC2)c2ccccc2)cc1. The van der Waals surface area contributed by atoms with Gasteiger partial charge in [-0.3, -0.25) is 0 Å². The second-order valence-electron chi connectivity index (χ2n) is 7.90. The van der Waals surface area contributed by atoms with E-state index in [1.54, 1.807) is 0 Å². The molecule has 0 amide bonds. The van der Waals surface area contributed by atoms with Crippen LogP contribution >= 0.6 is 0 Å². The summed E-state index contributed by atoms with van der Waals surface area (Å²) in [5.74, 6) is 2.27. The van der Waals surface area contributed by atoms with Crippen LogP contribution in [-0.4, -0.2) is 6.61 Å². The van der Waals surface area contributed by atoms with Gasteiger partial charge in [0, 0.05) is 5.56 Å². The second-order valence-corrected chi connectivity index (χ2v) is 7.90. The topological polar surface area (TPSA) is 18.5 Å². The van der Waals surface area contributed by atoms with E-state index >= 15 is 0 Å². The fraction of sp³-hybridized carbons (Fsp3) is 0.520. The van der Waals surface area contributed by atoms with E-state index in [-0.39, 0.29) is 6.29 Å². The Morgan fingerprint density at radius 1 is 0.889 bits per heavy atom. The molecule has 0 aliphatic heterocycles. The summed E-state index contributed by atoms with van der Waals surface area (Å²) < 4.78 is 12.4. The molecule has 2 aromatic carbocycles. The van der Waals surface area contributed by atoms with E-state index in [1.165, 1.54) is 37.7 Å². The Hall–Kier alpha value is -1.80. The van der Waals surface area contributed by atoms with Crippen LogP contribution in [0.4, 0.5) is 0 Å². The maximum atomic E-state index is 6.24. The molecule has 3 rings (SSSR count). The van der Waals surface area contributed by atoms with Crippen molar-refractivity contribution in [1.82, 2.24) is 0 Å². The second kappa shape index (κ2) is 10.5. The van der Waals surface area contributed by atoms with Crippen LogP contribution in [0.1, 0.15) is 82.1 Å². The maximum Gasteiger partial charge on any atom is 0.226 e. The summed E-state index contributed by atoms with van der Waals surface area (Å²) in [6.07, 6.45) is 8.83. The Morgan fingerprint density at radius 2 is 1.59 bits per heavy atom. The molecule has 0 heterocycles. The van der Waals surface area contributed by atoms with Crippen molar-refractivity contribution in [3.8, 4) is 5.75 Å². The molecule has 146 valence electrons. The molecule has 0 aromatic heterocycles. The van der Waals surface area contributed by atoms with Gasteiger partial charge in [0.2, 0.25) is 6.29 Å². The zero-order valence-corrected chi connectivity index (χ0v) is 16.9. The molecule has 2 aromatic rings. The Balaban J connectivity index is 1.61. The number of ether oxygens (including phenoxy) is 2. The molecule has 0 spiro atoms. The van der Waals surface area contributed by atoms with E-state index < -0.39 is 0 Å². The van der Waals surface area contributed by atoms with Crippen molar-refractivity contribution in [2.45, 2.75) is 71.0 Å². The van der Waals surface area contributed by atoms with Gasteiger partial charge in [-0.25, -0.2) is 0 Å². The van der Waals surface area contributed by atoms with E-state index in [0.29, 0.717) is 5.92 Å². The predicted molar refractivity (Wildman–Crippen MR) is 112 cm³/mol. The molecule has 2 nitrogen and oxygen atoms in total. The molecule has 27 heavy (non-hydrogen) atoms. The lowest BCUT2D eigenvalue weighted by Gasteiger charge is -2.24. The van der Waals surface area contributed by atoms with Crippen LogP contribution in [0, 0.1) is 5.92 Å². The predicted octanol–water partition coefficient (Wildman–Crippen LogP) is 7.26. The fourth-order valence-corrected chi connectivity index (χ4v) is 3.86. The normalized spacial score (nSPS) is 17.4.